The van der Waals surface area contributed by atoms with Gasteiger partial charge in [0.1, 0.15) is 11.6 Å². The molecule has 0 aliphatic heterocycles. The molecule has 0 fully saturated rings. The predicted molar refractivity (Wildman–Crippen MR) is 76.6 cm³/mol. The second-order valence-corrected chi connectivity index (χ2v) is 4.90. The monoisotopic (exact) mass is 305 g/mol. The van der Waals surface area contributed by atoms with Crippen LogP contribution in [0.15, 0.2) is 6.07 Å². The molecule has 0 aromatic carbocycles. The van der Waals surface area contributed by atoms with E-state index >= 15 is 0 Å². The number of hydrogen-bond donors (Lipinski definition) is 3. The van der Waals surface area contributed by atoms with Crippen LogP contribution in [0, 0.1) is 5.92 Å². The first-order valence-electron chi connectivity index (χ1n) is 7.07. The summed E-state index contributed by atoms with van der Waals surface area (Å²) < 4.78 is 38.1. The van der Waals surface area contributed by atoms with Crippen LogP contribution in [0.3, 0.4) is 0 Å². The lowest BCUT2D eigenvalue weighted by Gasteiger charge is -2.16. The summed E-state index contributed by atoms with van der Waals surface area (Å²) >= 11 is 0. The first-order chi connectivity index (χ1) is 9.90. The average Bonchev–Trinajstić information content (AvgIpc) is 2.46. The summed E-state index contributed by atoms with van der Waals surface area (Å²) in [5.74, 6) is 4.40. The van der Waals surface area contributed by atoms with Crippen molar-refractivity contribution in [1.82, 2.24) is 9.97 Å². The fourth-order valence-electron chi connectivity index (χ4n) is 1.93. The SMILES string of the molecule is CCCCC(CC)CNc1cc(NN)nc(C(F)(F)F)n1. The highest BCUT2D eigenvalue weighted by molar-refractivity contribution is 5.47. The number of anilines is 2. The van der Waals surface area contributed by atoms with Gasteiger partial charge in [0.25, 0.3) is 0 Å². The van der Waals surface area contributed by atoms with Crippen LogP contribution in [-0.4, -0.2) is 16.5 Å². The summed E-state index contributed by atoms with van der Waals surface area (Å²) in [6.45, 7) is 4.75. The Morgan fingerprint density at radius 2 is 1.90 bits per heavy atom. The van der Waals surface area contributed by atoms with Gasteiger partial charge < -0.3 is 10.7 Å². The smallest absolute Gasteiger partial charge is 0.370 e. The van der Waals surface area contributed by atoms with Crippen molar-refractivity contribution in [3.63, 3.8) is 0 Å². The van der Waals surface area contributed by atoms with E-state index in [1.165, 1.54) is 6.07 Å². The van der Waals surface area contributed by atoms with Crippen molar-refractivity contribution in [2.24, 2.45) is 11.8 Å². The number of nitrogens with zero attached hydrogens (tertiary/aromatic N) is 2. The van der Waals surface area contributed by atoms with Gasteiger partial charge in [0.15, 0.2) is 0 Å². The topological polar surface area (TPSA) is 75.9 Å². The largest absolute Gasteiger partial charge is 0.451 e. The Kier molecular flexibility index (Phi) is 6.67. The quantitative estimate of drug-likeness (QED) is 0.507. The van der Waals surface area contributed by atoms with E-state index in [2.05, 4.69) is 34.6 Å². The fourth-order valence-corrected chi connectivity index (χ4v) is 1.93. The lowest BCUT2D eigenvalue weighted by molar-refractivity contribution is -0.144. The molecule has 0 radical (unpaired) electrons. The molecule has 0 saturated carbocycles. The van der Waals surface area contributed by atoms with Gasteiger partial charge in [0.05, 0.1) is 0 Å². The number of hydrazine groups is 1. The third kappa shape index (κ3) is 5.74. The third-order valence-corrected chi connectivity index (χ3v) is 3.24. The van der Waals surface area contributed by atoms with E-state index in [1.807, 2.05) is 0 Å². The molecule has 0 aliphatic carbocycles. The Hall–Kier alpha value is -1.57. The molecule has 120 valence electrons. The molecule has 0 bridgehead atoms. The molecule has 0 saturated heterocycles. The van der Waals surface area contributed by atoms with Gasteiger partial charge >= 0.3 is 6.18 Å². The van der Waals surface area contributed by atoms with Gasteiger partial charge in [-0.25, -0.2) is 15.8 Å². The van der Waals surface area contributed by atoms with Crippen molar-refractivity contribution in [3.8, 4) is 0 Å². The van der Waals surface area contributed by atoms with Gasteiger partial charge in [-0.05, 0) is 12.3 Å². The lowest BCUT2D eigenvalue weighted by Crippen LogP contribution is -2.19. The van der Waals surface area contributed by atoms with Crippen molar-refractivity contribution in [1.29, 1.82) is 0 Å². The van der Waals surface area contributed by atoms with E-state index < -0.39 is 12.0 Å². The highest BCUT2D eigenvalue weighted by atomic mass is 19.4. The van der Waals surface area contributed by atoms with E-state index in [0.717, 1.165) is 25.7 Å². The molecule has 1 aromatic heterocycles. The van der Waals surface area contributed by atoms with Gasteiger partial charge in [0, 0.05) is 12.6 Å². The molecule has 0 aliphatic rings. The fraction of sp³-hybridized carbons (Fsp3) is 0.692. The van der Waals surface area contributed by atoms with Gasteiger partial charge in [-0.3, -0.25) is 0 Å². The molecule has 21 heavy (non-hydrogen) atoms. The summed E-state index contributed by atoms with van der Waals surface area (Å²) in [6, 6.07) is 1.36. The second kappa shape index (κ2) is 8.02. The molecule has 0 spiro atoms. The number of nitrogen functional groups attached to an aromatic ring is 1. The molecule has 1 rings (SSSR count). The highest BCUT2D eigenvalue weighted by Crippen LogP contribution is 2.28. The summed E-state index contributed by atoms with van der Waals surface area (Å²) in [5.41, 5.74) is 2.12. The van der Waals surface area contributed by atoms with Crippen LogP contribution in [0.1, 0.15) is 45.4 Å². The number of aromatic nitrogens is 2. The molecule has 4 N–H and O–H groups in total. The molecule has 0 amide bonds. The Balaban J connectivity index is 2.78. The minimum absolute atomic E-state index is 0.0681. The molecule has 1 unspecified atom stereocenters. The number of nitrogens with two attached hydrogens (primary N) is 1. The maximum atomic E-state index is 12.7. The van der Waals surface area contributed by atoms with Crippen LogP contribution >= 0.6 is 0 Å². The Morgan fingerprint density at radius 3 is 2.43 bits per heavy atom. The van der Waals surface area contributed by atoms with Gasteiger partial charge in [-0.15, -0.1) is 0 Å². The first-order valence-corrected chi connectivity index (χ1v) is 7.07. The van der Waals surface area contributed by atoms with E-state index in [9.17, 15) is 13.2 Å². The standard InChI is InChI=1S/C13H22F3N5/c1-3-5-6-9(4-2)8-18-10-7-11(21-17)20-12(19-10)13(14,15)16/h7,9H,3-6,8,17H2,1-2H3,(H2,18,19,20,21). The first kappa shape index (κ1) is 17.5. The second-order valence-electron chi connectivity index (χ2n) is 4.90. The zero-order valence-electron chi connectivity index (χ0n) is 12.3. The number of unbranched alkanes of at least 4 members (excludes halogenated alkanes) is 1. The number of alkyl halides is 3. The molecule has 1 aromatic rings. The maximum Gasteiger partial charge on any atom is 0.451 e. The van der Waals surface area contributed by atoms with E-state index in [1.54, 1.807) is 0 Å². The predicted octanol–water partition coefficient (Wildman–Crippen LogP) is 3.41. The van der Waals surface area contributed by atoms with Crippen LogP contribution < -0.4 is 16.6 Å². The van der Waals surface area contributed by atoms with Crippen molar-refractivity contribution < 1.29 is 13.2 Å². The molecular weight excluding hydrogens is 283 g/mol. The summed E-state index contributed by atoms with van der Waals surface area (Å²) in [5, 5.41) is 2.95. The van der Waals surface area contributed by atoms with Crippen molar-refractivity contribution in [2.45, 2.75) is 45.7 Å². The molecule has 5 nitrogen and oxygen atoms in total. The highest BCUT2D eigenvalue weighted by Gasteiger charge is 2.35. The lowest BCUT2D eigenvalue weighted by atomic mass is 9.99. The van der Waals surface area contributed by atoms with Crippen LogP contribution in [-0.2, 0) is 6.18 Å². The maximum absolute atomic E-state index is 12.7. The van der Waals surface area contributed by atoms with Gasteiger partial charge in [-0.1, -0.05) is 33.1 Å². The van der Waals surface area contributed by atoms with Crippen LogP contribution in [0.5, 0.6) is 0 Å². The van der Waals surface area contributed by atoms with Crippen LogP contribution in [0.25, 0.3) is 0 Å². The van der Waals surface area contributed by atoms with Gasteiger partial charge in [0.2, 0.25) is 5.82 Å². The number of nitrogens with one attached hydrogen (secondary N) is 2. The molecule has 8 heteroatoms. The van der Waals surface area contributed by atoms with E-state index in [4.69, 9.17) is 5.84 Å². The number of hydrogen-bond acceptors (Lipinski definition) is 5. The normalized spacial score (nSPS) is 13.0. The Labute approximate surface area is 122 Å². The zero-order valence-corrected chi connectivity index (χ0v) is 12.3. The molecule has 1 heterocycles. The Bertz CT molecular complexity index is 436. The summed E-state index contributed by atoms with van der Waals surface area (Å²) in [6.07, 6.45) is -0.391. The minimum atomic E-state index is -4.60. The summed E-state index contributed by atoms with van der Waals surface area (Å²) in [7, 11) is 0. The van der Waals surface area contributed by atoms with Crippen molar-refractivity contribution >= 4 is 11.6 Å². The third-order valence-electron chi connectivity index (χ3n) is 3.24. The minimum Gasteiger partial charge on any atom is -0.370 e. The Morgan fingerprint density at radius 1 is 1.24 bits per heavy atom. The number of rotatable bonds is 8. The summed E-state index contributed by atoms with van der Waals surface area (Å²) in [4.78, 5) is 6.80. The number of halogens is 3. The van der Waals surface area contributed by atoms with Crippen LogP contribution in [0.4, 0.5) is 24.8 Å². The molecular formula is C13H22F3N5. The zero-order chi connectivity index (χ0) is 15.9. The van der Waals surface area contributed by atoms with Crippen molar-refractivity contribution in [2.75, 3.05) is 17.3 Å². The van der Waals surface area contributed by atoms with Gasteiger partial charge in [-0.2, -0.15) is 13.2 Å². The molecule has 1 atom stereocenters. The average molecular weight is 305 g/mol. The van der Waals surface area contributed by atoms with E-state index in [-0.39, 0.29) is 11.6 Å². The van der Waals surface area contributed by atoms with Crippen molar-refractivity contribution in [3.05, 3.63) is 11.9 Å². The van der Waals surface area contributed by atoms with Crippen LogP contribution in [0.2, 0.25) is 0 Å². The van der Waals surface area contributed by atoms with E-state index in [0.29, 0.717) is 12.5 Å².